The van der Waals surface area contributed by atoms with Crippen LogP contribution in [0, 0.1) is 0 Å². The second kappa shape index (κ2) is 8.50. The number of rotatable bonds is 5. The minimum atomic E-state index is -0.0702. The number of likely N-dealkylation sites (tertiary alicyclic amines) is 1. The van der Waals surface area contributed by atoms with Gasteiger partial charge in [-0.15, -0.1) is 0 Å². The summed E-state index contributed by atoms with van der Waals surface area (Å²) in [6.45, 7) is 2.68. The van der Waals surface area contributed by atoms with Crippen LogP contribution in [0.3, 0.4) is 0 Å². The molecule has 1 N–H and O–H groups in total. The Balaban J connectivity index is 1.49. The number of nitrogens with zero attached hydrogens (tertiary/aromatic N) is 1. The highest BCUT2D eigenvalue weighted by Crippen LogP contribution is 2.19. The summed E-state index contributed by atoms with van der Waals surface area (Å²) in [6, 6.07) is 15.3. The van der Waals surface area contributed by atoms with E-state index in [2.05, 4.69) is 33.2 Å². The van der Waals surface area contributed by atoms with Crippen LogP contribution in [0.2, 0.25) is 0 Å². The molecule has 1 aliphatic rings. The first-order valence-corrected chi connectivity index (χ1v) is 9.37. The van der Waals surface area contributed by atoms with Gasteiger partial charge in [0, 0.05) is 29.7 Å². The molecule has 0 aromatic heterocycles. The number of nitrogens with one attached hydrogen (secondary N) is 1. The van der Waals surface area contributed by atoms with Gasteiger partial charge in [0.15, 0.2) is 0 Å². The normalized spacial score (nSPS) is 15.8. The molecule has 1 saturated heterocycles. The summed E-state index contributed by atoms with van der Waals surface area (Å²) < 4.78 is 7.01. The number of hydrogen-bond acceptors (Lipinski definition) is 3. The van der Waals surface area contributed by atoms with E-state index in [0.29, 0.717) is 18.2 Å². The Labute approximate surface area is 157 Å². The van der Waals surface area contributed by atoms with E-state index in [1.54, 1.807) is 12.1 Å². The predicted molar refractivity (Wildman–Crippen MR) is 103 cm³/mol. The van der Waals surface area contributed by atoms with Crippen LogP contribution in [0.25, 0.3) is 0 Å². The van der Waals surface area contributed by atoms with Crippen LogP contribution in [-0.2, 0) is 6.54 Å². The van der Waals surface area contributed by atoms with Crippen LogP contribution in [0.1, 0.15) is 28.8 Å². The van der Waals surface area contributed by atoms with Gasteiger partial charge in [-0.1, -0.05) is 28.1 Å². The fourth-order valence-corrected chi connectivity index (χ4v) is 3.13. The van der Waals surface area contributed by atoms with Gasteiger partial charge < -0.3 is 15.0 Å². The maximum atomic E-state index is 12.1. The first-order valence-electron chi connectivity index (χ1n) is 8.58. The molecule has 25 heavy (non-hydrogen) atoms. The third-order valence-corrected chi connectivity index (χ3v) is 4.98. The third-order valence-electron chi connectivity index (χ3n) is 4.45. The van der Waals surface area contributed by atoms with Gasteiger partial charge in [-0.25, -0.2) is 0 Å². The van der Waals surface area contributed by atoms with Gasteiger partial charge in [0.2, 0.25) is 0 Å². The number of piperidine rings is 1. The first kappa shape index (κ1) is 18.0. The molecule has 1 aliphatic heterocycles. The molecule has 0 saturated carbocycles. The highest BCUT2D eigenvalue weighted by molar-refractivity contribution is 9.10. The Morgan fingerprint density at radius 1 is 1.12 bits per heavy atom. The molecule has 3 rings (SSSR count). The molecule has 2 aromatic rings. The molecular formula is C20H23BrN2O2. The van der Waals surface area contributed by atoms with Gasteiger partial charge in [-0.05, 0) is 61.9 Å². The zero-order valence-corrected chi connectivity index (χ0v) is 16.0. The van der Waals surface area contributed by atoms with E-state index in [4.69, 9.17) is 4.74 Å². The Morgan fingerprint density at radius 3 is 2.40 bits per heavy atom. The van der Waals surface area contributed by atoms with Gasteiger partial charge in [0.05, 0.1) is 0 Å². The molecule has 0 spiro atoms. The second-order valence-electron chi connectivity index (χ2n) is 6.45. The topological polar surface area (TPSA) is 41.6 Å². The Hall–Kier alpha value is -1.85. The van der Waals surface area contributed by atoms with Crippen molar-refractivity contribution >= 4 is 21.8 Å². The van der Waals surface area contributed by atoms with Gasteiger partial charge in [0.1, 0.15) is 11.9 Å². The molecule has 4 nitrogen and oxygen atoms in total. The molecule has 132 valence electrons. The van der Waals surface area contributed by atoms with Crippen molar-refractivity contribution in [3.63, 3.8) is 0 Å². The minimum Gasteiger partial charge on any atom is -0.490 e. The molecule has 0 bridgehead atoms. The molecule has 0 unspecified atom stereocenters. The number of amides is 1. The number of ether oxygens (including phenoxy) is 1. The van der Waals surface area contributed by atoms with Crippen LogP contribution < -0.4 is 10.1 Å². The number of carbonyl (C=O) groups is 1. The number of benzene rings is 2. The minimum absolute atomic E-state index is 0.0702. The first-order chi connectivity index (χ1) is 12.1. The SMILES string of the molecule is CN1CCC(Oc2ccc(CNC(=O)c3ccc(Br)cc3)cc2)CC1. The fraction of sp³-hybridized carbons (Fsp3) is 0.350. The van der Waals surface area contributed by atoms with Crippen LogP contribution >= 0.6 is 15.9 Å². The van der Waals surface area contributed by atoms with Crippen LogP contribution in [0.15, 0.2) is 53.0 Å². The van der Waals surface area contributed by atoms with E-state index in [1.807, 2.05) is 36.4 Å². The van der Waals surface area contributed by atoms with Gasteiger partial charge in [-0.3, -0.25) is 4.79 Å². The van der Waals surface area contributed by atoms with Crippen molar-refractivity contribution in [3.8, 4) is 5.75 Å². The average molecular weight is 403 g/mol. The van der Waals surface area contributed by atoms with Gasteiger partial charge in [0.25, 0.3) is 5.91 Å². The largest absolute Gasteiger partial charge is 0.490 e. The summed E-state index contributed by atoms with van der Waals surface area (Å²) in [5.74, 6) is 0.830. The van der Waals surface area contributed by atoms with Crippen molar-refractivity contribution in [2.45, 2.75) is 25.5 Å². The van der Waals surface area contributed by atoms with Crippen LogP contribution in [0.4, 0.5) is 0 Å². The van der Waals surface area contributed by atoms with E-state index in [1.165, 1.54) is 0 Å². The van der Waals surface area contributed by atoms with Crippen molar-refractivity contribution < 1.29 is 9.53 Å². The van der Waals surface area contributed by atoms with Crippen molar-refractivity contribution in [2.24, 2.45) is 0 Å². The quantitative estimate of drug-likeness (QED) is 0.825. The summed E-state index contributed by atoms with van der Waals surface area (Å²) in [4.78, 5) is 14.5. The lowest BCUT2D eigenvalue weighted by atomic mass is 10.1. The van der Waals surface area contributed by atoms with Gasteiger partial charge in [-0.2, -0.15) is 0 Å². The lowest BCUT2D eigenvalue weighted by Crippen LogP contribution is -2.35. The lowest BCUT2D eigenvalue weighted by Gasteiger charge is -2.29. The summed E-state index contributed by atoms with van der Waals surface area (Å²) in [5, 5.41) is 2.94. The van der Waals surface area contributed by atoms with E-state index in [9.17, 15) is 4.79 Å². The molecule has 0 radical (unpaired) electrons. The van der Waals surface area contributed by atoms with E-state index >= 15 is 0 Å². The molecule has 5 heteroatoms. The fourth-order valence-electron chi connectivity index (χ4n) is 2.87. The summed E-state index contributed by atoms with van der Waals surface area (Å²) in [6.07, 6.45) is 2.45. The van der Waals surface area contributed by atoms with E-state index in [-0.39, 0.29) is 5.91 Å². The Morgan fingerprint density at radius 2 is 1.76 bits per heavy atom. The zero-order chi connectivity index (χ0) is 17.6. The van der Waals surface area contributed by atoms with E-state index < -0.39 is 0 Å². The van der Waals surface area contributed by atoms with Crippen LogP contribution in [0.5, 0.6) is 5.75 Å². The molecule has 0 aliphatic carbocycles. The van der Waals surface area contributed by atoms with Crippen molar-refractivity contribution in [1.82, 2.24) is 10.2 Å². The molecule has 0 atom stereocenters. The number of hydrogen-bond donors (Lipinski definition) is 1. The molecule has 1 heterocycles. The summed E-state index contributed by atoms with van der Waals surface area (Å²) in [7, 11) is 2.15. The van der Waals surface area contributed by atoms with Crippen molar-refractivity contribution in [3.05, 3.63) is 64.1 Å². The van der Waals surface area contributed by atoms with E-state index in [0.717, 1.165) is 41.7 Å². The zero-order valence-electron chi connectivity index (χ0n) is 14.4. The Bertz CT molecular complexity index is 693. The highest BCUT2D eigenvalue weighted by atomic mass is 79.9. The molecule has 2 aromatic carbocycles. The van der Waals surface area contributed by atoms with Crippen LogP contribution in [-0.4, -0.2) is 37.0 Å². The average Bonchev–Trinajstić information content (AvgIpc) is 2.63. The maximum absolute atomic E-state index is 12.1. The monoisotopic (exact) mass is 402 g/mol. The lowest BCUT2D eigenvalue weighted by molar-refractivity contribution is 0.0951. The summed E-state index contributed by atoms with van der Waals surface area (Å²) in [5.41, 5.74) is 1.71. The summed E-state index contributed by atoms with van der Waals surface area (Å²) >= 11 is 3.37. The third kappa shape index (κ3) is 5.31. The van der Waals surface area contributed by atoms with Crippen molar-refractivity contribution in [1.29, 1.82) is 0 Å². The van der Waals surface area contributed by atoms with Gasteiger partial charge >= 0.3 is 0 Å². The predicted octanol–water partition coefficient (Wildman–Crippen LogP) is 3.85. The highest BCUT2D eigenvalue weighted by Gasteiger charge is 2.17. The van der Waals surface area contributed by atoms with Crippen molar-refractivity contribution in [2.75, 3.05) is 20.1 Å². The molecular weight excluding hydrogens is 380 g/mol. The molecule has 1 amide bonds. The smallest absolute Gasteiger partial charge is 0.251 e. The standard InChI is InChI=1S/C20H23BrN2O2/c1-23-12-10-19(11-13-23)25-18-8-2-15(3-9-18)14-22-20(24)16-4-6-17(21)7-5-16/h2-9,19H,10-14H2,1H3,(H,22,24). The number of halogens is 1. The number of carbonyl (C=O) groups excluding carboxylic acids is 1. The second-order valence-corrected chi connectivity index (χ2v) is 7.37. The maximum Gasteiger partial charge on any atom is 0.251 e. The molecule has 1 fully saturated rings. The Kier molecular flexibility index (Phi) is 6.10.